The number of anilines is 1. The molecule has 182 valence electrons. The molecule has 0 saturated heterocycles. The molecule has 3 heterocycles. The van der Waals surface area contributed by atoms with E-state index >= 15 is 0 Å². The van der Waals surface area contributed by atoms with Gasteiger partial charge in [0.05, 0.1) is 30.0 Å². The summed E-state index contributed by atoms with van der Waals surface area (Å²) in [5.74, 6) is -1.59. The number of ether oxygens (including phenoxy) is 2. The third-order valence-electron chi connectivity index (χ3n) is 5.16. The van der Waals surface area contributed by atoms with Gasteiger partial charge in [-0.15, -0.1) is 21.5 Å². The second-order valence-corrected chi connectivity index (χ2v) is 9.34. The number of carbonyl (C=O) groups excluding carboxylic acids is 3. The highest BCUT2D eigenvalue weighted by Crippen LogP contribution is 2.34. The number of para-hydroxylation sites is 1. The Morgan fingerprint density at radius 2 is 1.80 bits per heavy atom. The van der Waals surface area contributed by atoms with Crippen LogP contribution < -0.4 is 5.32 Å². The molecular formula is C23H23N5O5S2. The van der Waals surface area contributed by atoms with Crippen LogP contribution in [0.3, 0.4) is 0 Å². The number of esters is 2. The van der Waals surface area contributed by atoms with Crippen molar-refractivity contribution >= 4 is 68.0 Å². The van der Waals surface area contributed by atoms with Gasteiger partial charge in [0.15, 0.2) is 5.65 Å². The number of thiophene rings is 1. The number of rotatable bonds is 8. The van der Waals surface area contributed by atoms with E-state index in [2.05, 4.69) is 20.5 Å². The topological polar surface area (TPSA) is 125 Å². The fourth-order valence-electron chi connectivity index (χ4n) is 3.59. The number of amides is 1. The van der Waals surface area contributed by atoms with Crippen LogP contribution in [0.25, 0.3) is 22.1 Å². The average Bonchev–Trinajstić information content (AvgIpc) is 3.32. The third kappa shape index (κ3) is 4.84. The molecule has 0 fully saturated rings. The first kappa shape index (κ1) is 24.6. The molecule has 0 aliphatic carbocycles. The van der Waals surface area contributed by atoms with Crippen LogP contribution in [-0.2, 0) is 21.3 Å². The summed E-state index contributed by atoms with van der Waals surface area (Å²) >= 11 is 2.10. The number of carbonyl (C=O) groups is 3. The van der Waals surface area contributed by atoms with Crippen molar-refractivity contribution in [2.24, 2.45) is 7.05 Å². The van der Waals surface area contributed by atoms with Crippen molar-refractivity contribution in [3.63, 3.8) is 0 Å². The molecule has 3 aromatic heterocycles. The van der Waals surface area contributed by atoms with Crippen molar-refractivity contribution in [1.29, 1.82) is 0 Å². The molecule has 12 heteroatoms. The number of benzene rings is 1. The molecule has 1 aromatic carbocycles. The van der Waals surface area contributed by atoms with Crippen LogP contribution in [-0.4, -0.2) is 56.6 Å². The molecule has 0 bridgehead atoms. The predicted octanol–water partition coefficient (Wildman–Crippen LogP) is 3.97. The fraction of sp³-hybridized carbons (Fsp3) is 0.304. The van der Waals surface area contributed by atoms with E-state index in [0.29, 0.717) is 21.9 Å². The van der Waals surface area contributed by atoms with E-state index < -0.39 is 17.8 Å². The van der Waals surface area contributed by atoms with Gasteiger partial charge in [-0.3, -0.25) is 4.79 Å². The minimum atomic E-state index is -0.617. The van der Waals surface area contributed by atoms with Crippen LogP contribution in [0.5, 0.6) is 0 Å². The van der Waals surface area contributed by atoms with E-state index in [1.165, 1.54) is 0 Å². The van der Waals surface area contributed by atoms with E-state index in [1.807, 2.05) is 35.9 Å². The van der Waals surface area contributed by atoms with Gasteiger partial charge >= 0.3 is 11.9 Å². The van der Waals surface area contributed by atoms with Gasteiger partial charge in [-0.25, -0.2) is 14.6 Å². The van der Waals surface area contributed by atoms with Gasteiger partial charge in [0.1, 0.15) is 15.4 Å². The Balaban J connectivity index is 1.53. The second kappa shape index (κ2) is 10.4. The van der Waals surface area contributed by atoms with Gasteiger partial charge in [0.25, 0.3) is 0 Å². The molecule has 4 rings (SSSR count). The summed E-state index contributed by atoms with van der Waals surface area (Å²) in [6, 6.07) is 7.82. The molecular weight excluding hydrogens is 490 g/mol. The van der Waals surface area contributed by atoms with Gasteiger partial charge in [0, 0.05) is 12.4 Å². The minimum Gasteiger partial charge on any atom is -0.462 e. The number of thioether (sulfide) groups is 1. The lowest BCUT2D eigenvalue weighted by atomic mass is 10.1. The largest absolute Gasteiger partial charge is 0.462 e. The van der Waals surface area contributed by atoms with E-state index in [-0.39, 0.29) is 34.4 Å². The van der Waals surface area contributed by atoms with E-state index in [1.54, 1.807) is 20.8 Å². The standard InChI is InChI=1S/C23H23N5O5S2/c1-5-32-21(30)16-12(3)18(22(31)33-6-2)35-20(16)24-15(29)11-34-23-25-19-17(26-27-23)13-9-7-8-10-14(13)28(19)4/h7-10H,5-6,11H2,1-4H3,(H,24,29). The highest BCUT2D eigenvalue weighted by molar-refractivity contribution is 7.99. The summed E-state index contributed by atoms with van der Waals surface area (Å²) in [4.78, 5) is 42.4. The molecule has 0 spiro atoms. The summed E-state index contributed by atoms with van der Waals surface area (Å²) in [6.07, 6.45) is 0. The number of aromatic nitrogens is 4. The lowest BCUT2D eigenvalue weighted by Gasteiger charge is -2.07. The Hall–Kier alpha value is -3.51. The van der Waals surface area contributed by atoms with Crippen molar-refractivity contribution in [3.05, 3.63) is 40.3 Å². The number of nitrogens with zero attached hydrogens (tertiary/aromatic N) is 4. The maximum Gasteiger partial charge on any atom is 0.348 e. The van der Waals surface area contributed by atoms with Gasteiger partial charge in [0.2, 0.25) is 11.1 Å². The van der Waals surface area contributed by atoms with Crippen LogP contribution in [0, 0.1) is 6.92 Å². The van der Waals surface area contributed by atoms with Gasteiger partial charge in [-0.1, -0.05) is 30.0 Å². The molecule has 4 aromatic rings. The molecule has 0 atom stereocenters. The number of aryl methyl sites for hydroxylation is 1. The van der Waals surface area contributed by atoms with Crippen molar-refractivity contribution < 1.29 is 23.9 Å². The number of fused-ring (bicyclic) bond motifs is 3. The highest BCUT2D eigenvalue weighted by atomic mass is 32.2. The molecule has 0 saturated carbocycles. The molecule has 1 amide bonds. The monoisotopic (exact) mass is 513 g/mol. The molecule has 1 N–H and O–H groups in total. The Morgan fingerprint density at radius 3 is 2.54 bits per heavy atom. The van der Waals surface area contributed by atoms with E-state index in [4.69, 9.17) is 9.47 Å². The molecule has 0 aliphatic heterocycles. The summed E-state index contributed by atoms with van der Waals surface area (Å²) in [7, 11) is 1.90. The molecule has 0 unspecified atom stereocenters. The predicted molar refractivity (Wildman–Crippen MR) is 134 cm³/mol. The van der Waals surface area contributed by atoms with Gasteiger partial charge < -0.3 is 19.4 Å². The zero-order valence-corrected chi connectivity index (χ0v) is 21.2. The van der Waals surface area contributed by atoms with Crippen LogP contribution in [0.2, 0.25) is 0 Å². The van der Waals surface area contributed by atoms with Crippen molar-refractivity contribution in [2.45, 2.75) is 25.9 Å². The minimum absolute atomic E-state index is 0.0227. The second-order valence-electron chi connectivity index (χ2n) is 7.38. The highest BCUT2D eigenvalue weighted by Gasteiger charge is 2.27. The smallest absolute Gasteiger partial charge is 0.348 e. The van der Waals surface area contributed by atoms with Crippen LogP contribution in [0.15, 0.2) is 29.4 Å². The first-order chi connectivity index (χ1) is 16.8. The molecule has 35 heavy (non-hydrogen) atoms. The lowest BCUT2D eigenvalue weighted by molar-refractivity contribution is -0.113. The van der Waals surface area contributed by atoms with Crippen LogP contribution >= 0.6 is 23.1 Å². The SMILES string of the molecule is CCOC(=O)c1sc(NC(=O)CSc2nnc3c4ccccc4n(C)c3n2)c(C(=O)OCC)c1C. The Morgan fingerprint density at radius 1 is 1.09 bits per heavy atom. The number of hydrogen-bond donors (Lipinski definition) is 1. The van der Waals surface area contributed by atoms with E-state index in [0.717, 1.165) is 34.0 Å². The van der Waals surface area contributed by atoms with Gasteiger partial charge in [-0.05, 0) is 32.4 Å². The number of hydrogen-bond acceptors (Lipinski definition) is 10. The summed E-state index contributed by atoms with van der Waals surface area (Å²) < 4.78 is 12.1. The Labute approximate surface area is 209 Å². The summed E-state index contributed by atoms with van der Waals surface area (Å²) in [5, 5.41) is 12.7. The van der Waals surface area contributed by atoms with Crippen molar-refractivity contribution in [3.8, 4) is 0 Å². The average molecular weight is 514 g/mol. The van der Waals surface area contributed by atoms with Crippen molar-refractivity contribution in [2.75, 3.05) is 24.3 Å². The molecule has 0 aliphatic rings. The van der Waals surface area contributed by atoms with Gasteiger partial charge in [-0.2, -0.15) is 0 Å². The molecule has 0 radical (unpaired) electrons. The normalized spacial score (nSPS) is 11.1. The Kier molecular flexibility index (Phi) is 7.31. The number of nitrogens with one attached hydrogen (secondary N) is 1. The third-order valence-corrected chi connectivity index (χ3v) is 7.18. The lowest BCUT2D eigenvalue weighted by Crippen LogP contribution is -2.16. The first-order valence-electron chi connectivity index (χ1n) is 10.8. The zero-order valence-electron chi connectivity index (χ0n) is 19.6. The van der Waals surface area contributed by atoms with E-state index in [9.17, 15) is 14.4 Å². The summed E-state index contributed by atoms with van der Waals surface area (Å²) in [6.45, 7) is 5.35. The van der Waals surface area contributed by atoms with Crippen LogP contribution in [0.4, 0.5) is 5.00 Å². The first-order valence-corrected chi connectivity index (χ1v) is 12.6. The zero-order chi connectivity index (χ0) is 25.1. The quantitative estimate of drug-likeness (QED) is 0.275. The fourth-order valence-corrected chi connectivity index (χ4v) is 5.27. The maximum atomic E-state index is 12.7. The van der Waals surface area contributed by atoms with Crippen molar-refractivity contribution in [1.82, 2.24) is 19.7 Å². The molecule has 10 nitrogen and oxygen atoms in total. The Bertz CT molecular complexity index is 1450. The maximum absolute atomic E-state index is 12.7. The van der Waals surface area contributed by atoms with Crippen LogP contribution in [0.1, 0.15) is 39.4 Å². The summed E-state index contributed by atoms with van der Waals surface area (Å²) in [5.41, 5.74) is 2.90.